The molecule has 1 saturated heterocycles. The highest BCUT2D eigenvalue weighted by Crippen LogP contribution is 2.38. The normalized spacial score (nSPS) is 15.7. The number of hydrogen-bond acceptors (Lipinski definition) is 3. The van der Waals surface area contributed by atoms with E-state index in [4.69, 9.17) is 0 Å². The molecule has 0 unspecified atom stereocenters. The number of hydrogen-bond donors (Lipinski definition) is 1. The van der Waals surface area contributed by atoms with Crippen molar-refractivity contribution in [3.8, 4) is 11.4 Å². The number of H-pyrrole nitrogens is 1. The molecule has 0 radical (unpaired) electrons. The summed E-state index contributed by atoms with van der Waals surface area (Å²) in [4.78, 5) is 19.0. The van der Waals surface area contributed by atoms with E-state index in [-0.39, 0.29) is 11.4 Å². The summed E-state index contributed by atoms with van der Waals surface area (Å²) < 4.78 is 0. The van der Waals surface area contributed by atoms with Gasteiger partial charge in [-0.25, -0.2) is 0 Å². The zero-order valence-electron chi connectivity index (χ0n) is 13.0. The minimum atomic E-state index is -0.184. The summed E-state index contributed by atoms with van der Waals surface area (Å²) >= 11 is 0. The van der Waals surface area contributed by atoms with Gasteiger partial charge in [0.15, 0.2) is 0 Å². The number of aromatic amines is 1. The molecule has 23 heavy (non-hydrogen) atoms. The van der Waals surface area contributed by atoms with Gasteiger partial charge in [-0.1, -0.05) is 18.2 Å². The number of carbonyl (C=O) groups excluding carboxylic acids is 1. The van der Waals surface area contributed by atoms with E-state index in [0.717, 1.165) is 31.5 Å². The Balaban J connectivity index is 1.82. The van der Waals surface area contributed by atoms with Crippen LogP contribution < -0.4 is 0 Å². The highest BCUT2D eigenvalue weighted by atomic mass is 16.2. The number of nitrogens with zero attached hydrogens (tertiary/aromatic N) is 3. The molecular weight excluding hydrogens is 288 g/mol. The third-order valence-electron chi connectivity index (χ3n) is 4.40. The molecule has 5 nitrogen and oxygen atoms in total. The first-order chi connectivity index (χ1) is 11.2. The maximum absolute atomic E-state index is 12.8. The van der Waals surface area contributed by atoms with Crippen LogP contribution in [0, 0.1) is 0 Å². The highest BCUT2D eigenvalue weighted by Gasteiger charge is 2.45. The fraction of sp³-hybridized carbons (Fsp3) is 0.278. The zero-order chi connectivity index (χ0) is 16.3. The van der Waals surface area contributed by atoms with Gasteiger partial charge in [-0.3, -0.25) is 14.9 Å². The molecule has 1 amide bonds. The standard InChI is InChI=1S/C18H20N4O/c1-3-8-18(9-4-2)10-12-22(18)17(23)16-13-15(20-21-16)14-7-5-6-11-19-14/h3-7,11,13H,1-2,8-10,12H2,(H,20,21). The van der Waals surface area contributed by atoms with Crippen LogP contribution >= 0.6 is 0 Å². The number of likely N-dealkylation sites (tertiary alicyclic amines) is 1. The monoisotopic (exact) mass is 308 g/mol. The second-order valence-corrected chi connectivity index (χ2v) is 5.80. The van der Waals surface area contributed by atoms with Gasteiger partial charge in [-0.2, -0.15) is 5.10 Å². The fourth-order valence-corrected chi connectivity index (χ4v) is 3.12. The van der Waals surface area contributed by atoms with E-state index in [1.54, 1.807) is 12.3 Å². The van der Waals surface area contributed by atoms with Crippen LogP contribution in [0.2, 0.25) is 0 Å². The Labute approximate surface area is 135 Å². The SMILES string of the molecule is C=CCC1(CC=C)CCN1C(=O)c1cc(-c2ccccn2)n[nH]1. The summed E-state index contributed by atoms with van der Waals surface area (Å²) in [6.07, 6.45) is 7.96. The van der Waals surface area contributed by atoms with Gasteiger partial charge in [0.1, 0.15) is 11.4 Å². The molecule has 0 aromatic carbocycles. The number of pyridine rings is 1. The predicted octanol–water partition coefficient (Wildman–Crippen LogP) is 3.21. The quantitative estimate of drug-likeness (QED) is 0.834. The zero-order valence-corrected chi connectivity index (χ0v) is 13.0. The van der Waals surface area contributed by atoms with Crippen molar-refractivity contribution in [1.29, 1.82) is 0 Å². The van der Waals surface area contributed by atoms with Gasteiger partial charge < -0.3 is 4.90 Å². The van der Waals surface area contributed by atoms with Crippen LogP contribution in [-0.4, -0.2) is 38.1 Å². The van der Waals surface area contributed by atoms with E-state index in [2.05, 4.69) is 28.3 Å². The van der Waals surface area contributed by atoms with Crippen molar-refractivity contribution in [3.05, 3.63) is 61.5 Å². The molecule has 1 fully saturated rings. The van der Waals surface area contributed by atoms with Crippen LogP contribution in [0.4, 0.5) is 0 Å². The Kier molecular flexibility index (Phi) is 4.10. The average molecular weight is 308 g/mol. The molecule has 118 valence electrons. The second kappa shape index (κ2) is 6.20. The van der Waals surface area contributed by atoms with E-state index < -0.39 is 0 Å². The summed E-state index contributed by atoms with van der Waals surface area (Å²) in [5.41, 5.74) is 1.72. The molecule has 0 atom stereocenters. The Morgan fingerprint density at radius 2 is 2.09 bits per heavy atom. The van der Waals surface area contributed by atoms with Crippen LogP contribution in [0.15, 0.2) is 55.8 Å². The van der Waals surface area contributed by atoms with E-state index in [0.29, 0.717) is 11.4 Å². The van der Waals surface area contributed by atoms with Crippen molar-refractivity contribution in [2.75, 3.05) is 6.54 Å². The summed E-state index contributed by atoms with van der Waals surface area (Å²) in [6.45, 7) is 8.39. The summed E-state index contributed by atoms with van der Waals surface area (Å²) in [5, 5.41) is 7.05. The number of rotatable bonds is 6. The molecule has 0 aliphatic carbocycles. The minimum absolute atomic E-state index is 0.0327. The number of aromatic nitrogens is 3. The lowest BCUT2D eigenvalue weighted by molar-refractivity contribution is -0.000529. The largest absolute Gasteiger partial charge is 0.331 e. The van der Waals surface area contributed by atoms with E-state index in [1.807, 2.05) is 35.3 Å². The maximum atomic E-state index is 12.8. The van der Waals surface area contributed by atoms with Crippen LogP contribution in [0.1, 0.15) is 29.8 Å². The molecule has 3 heterocycles. The van der Waals surface area contributed by atoms with Crippen LogP contribution in [0.3, 0.4) is 0 Å². The van der Waals surface area contributed by atoms with Crippen molar-refractivity contribution in [3.63, 3.8) is 0 Å². The summed E-state index contributed by atoms with van der Waals surface area (Å²) in [7, 11) is 0. The van der Waals surface area contributed by atoms with Gasteiger partial charge in [0.2, 0.25) is 0 Å². The first kappa shape index (κ1) is 15.2. The molecule has 5 heteroatoms. The minimum Gasteiger partial charge on any atom is -0.331 e. The van der Waals surface area contributed by atoms with Gasteiger partial charge in [0, 0.05) is 12.7 Å². The molecule has 1 aliphatic heterocycles. The molecular formula is C18H20N4O. The number of carbonyl (C=O) groups is 1. The van der Waals surface area contributed by atoms with E-state index >= 15 is 0 Å². The first-order valence-electron chi connectivity index (χ1n) is 7.71. The number of nitrogens with one attached hydrogen (secondary N) is 1. The smallest absolute Gasteiger partial charge is 0.272 e. The lowest BCUT2D eigenvalue weighted by Crippen LogP contribution is -2.61. The highest BCUT2D eigenvalue weighted by molar-refractivity contribution is 5.94. The molecule has 1 aliphatic rings. The molecule has 0 spiro atoms. The third-order valence-corrected chi connectivity index (χ3v) is 4.40. The van der Waals surface area contributed by atoms with Crippen LogP contribution in [0.5, 0.6) is 0 Å². The van der Waals surface area contributed by atoms with Crippen molar-refractivity contribution >= 4 is 5.91 Å². The van der Waals surface area contributed by atoms with Gasteiger partial charge >= 0.3 is 0 Å². The Morgan fingerprint density at radius 3 is 2.65 bits per heavy atom. The Bertz CT molecular complexity index is 710. The van der Waals surface area contributed by atoms with Gasteiger partial charge in [-0.15, -0.1) is 13.2 Å². The lowest BCUT2D eigenvalue weighted by atomic mass is 9.78. The van der Waals surface area contributed by atoms with Crippen molar-refractivity contribution in [2.24, 2.45) is 0 Å². The molecule has 0 bridgehead atoms. The van der Waals surface area contributed by atoms with E-state index in [1.165, 1.54) is 0 Å². The third kappa shape index (κ3) is 2.70. The van der Waals surface area contributed by atoms with E-state index in [9.17, 15) is 4.79 Å². The molecule has 0 saturated carbocycles. The topological polar surface area (TPSA) is 61.9 Å². The molecule has 1 N–H and O–H groups in total. The Hall–Kier alpha value is -2.69. The van der Waals surface area contributed by atoms with Crippen molar-refractivity contribution in [2.45, 2.75) is 24.8 Å². The van der Waals surface area contributed by atoms with Gasteiger partial charge in [0.05, 0.1) is 11.2 Å². The predicted molar refractivity (Wildman–Crippen MR) is 89.8 cm³/mol. The summed E-state index contributed by atoms with van der Waals surface area (Å²) in [6, 6.07) is 7.37. The average Bonchev–Trinajstić information content (AvgIpc) is 3.04. The van der Waals surface area contributed by atoms with Crippen molar-refractivity contribution in [1.82, 2.24) is 20.1 Å². The molecule has 2 aromatic heterocycles. The first-order valence-corrected chi connectivity index (χ1v) is 7.71. The lowest BCUT2D eigenvalue weighted by Gasteiger charge is -2.52. The number of amides is 1. The van der Waals surface area contributed by atoms with Gasteiger partial charge in [-0.05, 0) is 37.5 Å². The maximum Gasteiger partial charge on any atom is 0.272 e. The molecule has 3 rings (SSSR count). The van der Waals surface area contributed by atoms with Gasteiger partial charge in [0.25, 0.3) is 5.91 Å². The van der Waals surface area contributed by atoms with Crippen molar-refractivity contribution < 1.29 is 4.79 Å². The fourth-order valence-electron chi connectivity index (χ4n) is 3.12. The second-order valence-electron chi connectivity index (χ2n) is 5.80. The van der Waals surface area contributed by atoms with Crippen LogP contribution in [0.25, 0.3) is 11.4 Å². The van der Waals surface area contributed by atoms with Crippen LogP contribution in [-0.2, 0) is 0 Å². The summed E-state index contributed by atoms with van der Waals surface area (Å²) in [5.74, 6) is -0.0327. The molecule has 2 aromatic rings. The Morgan fingerprint density at radius 1 is 1.30 bits per heavy atom.